The zero-order chi connectivity index (χ0) is 10.6. The largest absolute Gasteiger partial charge is 0.351 e. The van der Waals surface area contributed by atoms with E-state index >= 15 is 0 Å². The van der Waals surface area contributed by atoms with E-state index < -0.39 is 0 Å². The summed E-state index contributed by atoms with van der Waals surface area (Å²) in [5, 5.41) is 4.95. The van der Waals surface area contributed by atoms with E-state index in [1.807, 2.05) is 24.6 Å². The molecule has 0 aliphatic heterocycles. The van der Waals surface area contributed by atoms with E-state index in [9.17, 15) is 4.79 Å². The molecule has 1 aromatic heterocycles. The van der Waals surface area contributed by atoms with Crippen LogP contribution in [-0.2, 0) is 11.3 Å². The van der Waals surface area contributed by atoms with Crippen molar-refractivity contribution in [3.63, 3.8) is 0 Å². The van der Waals surface area contributed by atoms with Crippen molar-refractivity contribution in [3.05, 3.63) is 20.8 Å². The fourth-order valence-corrected chi connectivity index (χ4v) is 2.38. The van der Waals surface area contributed by atoms with Crippen LogP contribution in [-0.4, -0.2) is 17.4 Å². The lowest BCUT2D eigenvalue weighted by molar-refractivity contribution is -0.120. The van der Waals surface area contributed by atoms with Gasteiger partial charge in [-0.3, -0.25) is 4.79 Å². The van der Waals surface area contributed by atoms with Crippen molar-refractivity contribution in [2.24, 2.45) is 0 Å². The third-order valence-electron chi connectivity index (χ3n) is 1.81. The highest BCUT2D eigenvalue weighted by molar-refractivity contribution is 9.11. The molecule has 1 heterocycles. The second-order valence-electron chi connectivity index (χ2n) is 2.85. The minimum Gasteiger partial charge on any atom is -0.351 e. The molecule has 78 valence electrons. The fraction of sp³-hybridized carbons (Fsp3) is 0.444. The number of carbonyl (C=O) groups excluding carboxylic acids is 1. The summed E-state index contributed by atoms with van der Waals surface area (Å²) < 4.78 is 1.10. The van der Waals surface area contributed by atoms with Crippen molar-refractivity contribution in [1.29, 1.82) is 0 Å². The van der Waals surface area contributed by atoms with Gasteiger partial charge in [-0.05, 0) is 46.1 Å². The zero-order valence-corrected chi connectivity index (χ0v) is 11.3. The van der Waals surface area contributed by atoms with Gasteiger partial charge in [0.15, 0.2) is 0 Å². The van der Waals surface area contributed by atoms with Crippen molar-refractivity contribution in [2.75, 3.05) is 6.26 Å². The van der Waals surface area contributed by atoms with Crippen molar-refractivity contribution in [2.45, 2.75) is 18.7 Å². The second-order valence-corrected chi connectivity index (χ2v) is 6.32. The van der Waals surface area contributed by atoms with E-state index in [0.29, 0.717) is 6.54 Å². The predicted molar refractivity (Wildman–Crippen MR) is 66.8 cm³/mol. The molecule has 5 heteroatoms. The van der Waals surface area contributed by atoms with Gasteiger partial charge in [0.2, 0.25) is 5.91 Å². The molecule has 1 N–H and O–H groups in total. The summed E-state index contributed by atoms with van der Waals surface area (Å²) in [4.78, 5) is 11.4. The number of nitrogens with one attached hydrogen (secondary N) is 1. The maximum absolute atomic E-state index is 11.4. The standard InChI is InChI=1S/C9H12BrNOS2/c1-6(13-2)9(12)11-4-7-3-8(10)14-5-7/h3,5-6H,4H2,1-2H3,(H,11,12)/t6-/m0/s1. The number of amides is 1. The topological polar surface area (TPSA) is 29.1 Å². The quantitative estimate of drug-likeness (QED) is 0.925. The Hall–Kier alpha value is -0.000000000000000111. The van der Waals surface area contributed by atoms with Crippen LogP contribution in [0.15, 0.2) is 15.2 Å². The minimum absolute atomic E-state index is 0.0251. The van der Waals surface area contributed by atoms with Crippen LogP contribution in [0, 0.1) is 0 Å². The van der Waals surface area contributed by atoms with E-state index in [4.69, 9.17) is 0 Å². The summed E-state index contributed by atoms with van der Waals surface area (Å²) in [6, 6.07) is 2.02. The van der Waals surface area contributed by atoms with E-state index in [1.165, 1.54) is 0 Å². The average Bonchev–Trinajstić information content (AvgIpc) is 2.59. The molecule has 0 bridgehead atoms. The normalized spacial score (nSPS) is 12.5. The number of rotatable bonds is 4. The molecule has 0 unspecified atom stereocenters. The molecule has 1 aromatic rings. The Labute approximate surface area is 101 Å². The first kappa shape index (κ1) is 12.1. The number of halogens is 1. The third-order valence-corrected chi connectivity index (χ3v) is 4.29. The SMILES string of the molecule is CS[C@@H](C)C(=O)NCc1csc(Br)c1. The van der Waals surface area contributed by atoms with Gasteiger partial charge in [0.25, 0.3) is 0 Å². The molecule has 1 rings (SSSR count). The van der Waals surface area contributed by atoms with Gasteiger partial charge in [0.1, 0.15) is 0 Å². The summed E-state index contributed by atoms with van der Waals surface area (Å²) in [5.41, 5.74) is 1.14. The third kappa shape index (κ3) is 3.63. The van der Waals surface area contributed by atoms with Crippen LogP contribution in [0.5, 0.6) is 0 Å². The maximum atomic E-state index is 11.4. The van der Waals surface area contributed by atoms with Crippen LogP contribution in [0.1, 0.15) is 12.5 Å². The van der Waals surface area contributed by atoms with Gasteiger partial charge in [0.05, 0.1) is 9.04 Å². The van der Waals surface area contributed by atoms with Crippen molar-refractivity contribution >= 4 is 44.9 Å². The Morgan fingerprint density at radius 2 is 2.50 bits per heavy atom. The summed E-state index contributed by atoms with van der Waals surface area (Å²) in [6.45, 7) is 2.52. The Kier molecular flexibility index (Phi) is 4.98. The predicted octanol–water partition coefficient (Wildman–Crippen LogP) is 2.88. The smallest absolute Gasteiger partial charge is 0.233 e. The first-order chi connectivity index (χ1) is 6.63. The van der Waals surface area contributed by atoms with Crippen molar-refractivity contribution in [1.82, 2.24) is 5.32 Å². The first-order valence-electron chi connectivity index (χ1n) is 4.17. The Morgan fingerprint density at radius 1 is 1.79 bits per heavy atom. The molecule has 0 spiro atoms. The van der Waals surface area contributed by atoms with E-state index in [2.05, 4.69) is 21.2 Å². The monoisotopic (exact) mass is 293 g/mol. The molecule has 0 saturated heterocycles. The molecule has 0 radical (unpaired) electrons. The van der Waals surface area contributed by atoms with Crippen LogP contribution < -0.4 is 5.32 Å². The van der Waals surface area contributed by atoms with Crippen LogP contribution in [0.2, 0.25) is 0 Å². The summed E-state index contributed by atoms with van der Waals surface area (Å²) >= 11 is 6.57. The maximum Gasteiger partial charge on any atom is 0.233 e. The molecule has 0 aliphatic rings. The van der Waals surface area contributed by atoms with Crippen LogP contribution in [0.25, 0.3) is 0 Å². The molecule has 1 atom stereocenters. The highest BCUT2D eigenvalue weighted by Crippen LogP contribution is 2.20. The number of hydrogen-bond acceptors (Lipinski definition) is 3. The van der Waals surface area contributed by atoms with Crippen molar-refractivity contribution in [3.8, 4) is 0 Å². The summed E-state index contributed by atoms with van der Waals surface area (Å²) in [5.74, 6) is 0.0971. The van der Waals surface area contributed by atoms with Crippen LogP contribution in [0.3, 0.4) is 0 Å². The molecule has 2 nitrogen and oxygen atoms in total. The lowest BCUT2D eigenvalue weighted by Gasteiger charge is -2.08. The lowest BCUT2D eigenvalue weighted by atomic mass is 10.3. The van der Waals surface area contributed by atoms with E-state index in [0.717, 1.165) is 9.35 Å². The summed E-state index contributed by atoms with van der Waals surface area (Å²) in [6.07, 6.45) is 1.94. The van der Waals surface area contributed by atoms with Gasteiger partial charge < -0.3 is 5.32 Å². The van der Waals surface area contributed by atoms with Crippen molar-refractivity contribution < 1.29 is 4.79 Å². The average molecular weight is 294 g/mol. The lowest BCUT2D eigenvalue weighted by Crippen LogP contribution is -2.30. The zero-order valence-electron chi connectivity index (χ0n) is 8.04. The van der Waals surface area contributed by atoms with Gasteiger partial charge in [-0.1, -0.05) is 0 Å². The van der Waals surface area contributed by atoms with Gasteiger partial charge in [-0.2, -0.15) is 11.8 Å². The second kappa shape index (κ2) is 5.78. The number of hydrogen-bond donors (Lipinski definition) is 1. The Balaban J connectivity index is 2.37. The Bertz CT molecular complexity index is 314. The molecule has 0 aromatic carbocycles. The van der Waals surface area contributed by atoms with Crippen LogP contribution >= 0.6 is 39.0 Å². The molecule has 14 heavy (non-hydrogen) atoms. The number of carbonyl (C=O) groups is 1. The Morgan fingerprint density at radius 3 is 3.00 bits per heavy atom. The molecular weight excluding hydrogens is 282 g/mol. The van der Waals surface area contributed by atoms with Gasteiger partial charge in [-0.25, -0.2) is 0 Å². The molecule has 0 fully saturated rings. The van der Waals surface area contributed by atoms with E-state index in [-0.39, 0.29) is 11.2 Å². The summed E-state index contributed by atoms with van der Waals surface area (Å²) in [7, 11) is 0. The number of thioether (sulfide) groups is 1. The fourth-order valence-electron chi connectivity index (χ4n) is 0.878. The molecule has 0 saturated carbocycles. The minimum atomic E-state index is 0.0251. The number of thiophene rings is 1. The van der Waals surface area contributed by atoms with Gasteiger partial charge in [0, 0.05) is 6.54 Å². The van der Waals surface area contributed by atoms with Gasteiger partial charge in [-0.15, -0.1) is 11.3 Å². The van der Waals surface area contributed by atoms with Gasteiger partial charge >= 0.3 is 0 Å². The van der Waals surface area contributed by atoms with Crippen LogP contribution in [0.4, 0.5) is 0 Å². The molecule has 1 amide bonds. The highest BCUT2D eigenvalue weighted by atomic mass is 79.9. The molecular formula is C9H12BrNOS2. The first-order valence-corrected chi connectivity index (χ1v) is 7.13. The van der Waals surface area contributed by atoms with E-state index in [1.54, 1.807) is 23.1 Å². The molecule has 0 aliphatic carbocycles. The highest BCUT2D eigenvalue weighted by Gasteiger charge is 2.10.